The summed E-state index contributed by atoms with van der Waals surface area (Å²) in [6.45, 7) is 1.98. The average molecular weight is 312 g/mol. The largest absolute Gasteiger partial charge is 0.460 e. The summed E-state index contributed by atoms with van der Waals surface area (Å²) in [5.74, 6) is -0.107. The molecule has 0 spiro atoms. The number of aryl methyl sites for hydroxylation is 1. The van der Waals surface area contributed by atoms with E-state index in [2.05, 4.69) is 4.98 Å². The van der Waals surface area contributed by atoms with E-state index in [1.165, 1.54) is 11.3 Å². The molecule has 0 aliphatic rings. The van der Waals surface area contributed by atoms with Crippen LogP contribution < -0.4 is 9.64 Å². The minimum atomic E-state index is -0.107. The first kappa shape index (κ1) is 14.5. The molecule has 2 aromatic carbocycles. The molecule has 3 rings (SSSR count). The van der Waals surface area contributed by atoms with Gasteiger partial charge in [0.2, 0.25) is 0 Å². The van der Waals surface area contributed by atoms with Gasteiger partial charge in [-0.25, -0.2) is 4.98 Å². The number of thiazole rings is 1. The van der Waals surface area contributed by atoms with E-state index in [4.69, 9.17) is 4.74 Å². The maximum Gasteiger partial charge on any atom is 0.274 e. The number of ether oxygens (including phenoxy) is 1. The molecule has 3 aromatic rings. The van der Waals surface area contributed by atoms with Gasteiger partial charge in [-0.05, 0) is 36.8 Å². The second kappa shape index (κ2) is 6.15. The minimum absolute atomic E-state index is 0.0235. The van der Waals surface area contributed by atoms with Crippen LogP contribution >= 0.6 is 11.3 Å². The van der Waals surface area contributed by atoms with Crippen LogP contribution in [0.25, 0.3) is 10.2 Å². The summed E-state index contributed by atoms with van der Waals surface area (Å²) < 4.78 is 6.59. The van der Waals surface area contributed by atoms with E-state index in [1.807, 2.05) is 55.5 Å². The fraction of sp³-hybridized carbons (Fsp3) is 0.176. The standard InChI is InChI=1S/C17H16N2O2S/c1-12-6-5-7-13(10-12)19(2)16(20)11-21-17-18-14-8-3-4-9-15(14)22-17/h3-10H,11H2,1-2H3. The number of carbonyl (C=O) groups excluding carboxylic acids is 1. The second-order valence-electron chi connectivity index (χ2n) is 5.03. The Morgan fingerprint density at radius 3 is 2.82 bits per heavy atom. The highest BCUT2D eigenvalue weighted by Gasteiger charge is 2.13. The Bertz CT molecular complexity index is 780. The molecule has 0 fully saturated rings. The SMILES string of the molecule is Cc1cccc(N(C)C(=O)COc2nc3ccccc3s2)c1. The van der Waals surface area contributed by atoms with Crippen LogP contribution in [0.5, 0.6) is 5.19 Å². The maximum atomic E-state index is 12.2. The normalized spacial score (nSPS) is 10.6. The number of hydrogen-bond donors (Lipinski definition) is 0. The van der Waals surface area contributed by atoms with Crippen molar-refractivity contribution in [1.82, 2.24) is 4.98 Å². The molecular weight excluding hydrogens is 296 g/mol. The third-order valence-corrected chi connectivity index (χ3v) is 4.31. The Hall–Kier alpha value is -2.40. The van der Waals surface area contributed by atoms with Crippen molar-refractivity contribution in [3.05, 3.63) is 54.1 Å². The van der Waals surface area contributed by atoms with E-state index in [-0.39, 0.29) is 12.5 Å². The van der Waals surface area contributed by atoms with Gasteiger partial charge in [-0.15, -0.1) is 0 Å². The molecule has 1 heterocycles. The Morgan fingerprint density at radius 1 is 1.23 bits per heavy atom. The highest BCUT2D eigenvalue weighted by Crippen LogP contribution is 2.27. The average Bonchev–Trinajstić information content (AvgIpc) is 2.94. The number of anilines is 1. The van der Waals surface area contributed by atoms with Gasteiger partial charge >= 0.3 is 0 Å². The fourth-order valence-electron chi connectivity index (χ4n) is 2.11. The van der Waals surface area contributed by atoms with Crippen molar-refractivity contribution in [3.8, 4) is 5.19 Å². The highest BCUT2D eigenvalue weighted by molar-refractivity contribution is 7.20. The number of aromatic nitrogens is 1. The van der Waals surface area contributed by atoms with Crippen molar-refractivity contribution in [2.45, 2.75) is 6.92 Å². The zero-order valence-electron chi connectivity index (χ0n) is 12.4. The van der Waals surface area contributed by atoms with Gasteiger partial charge < -0.3 is 9.64 Å². The van der Waals surface area contributed by atoms with E-state index in [1.54, 1.807) is 11.9 Å². The van der Waals surface area contributed by atoms with E-state index >= 15 is 0 Å². The van der Waals surface area contributed by atoms with Gasteiger partial charge in [-0.3, -0.25) is 4.79 Å². The van der Waals surface area contributed by atoms with Crippen molar-refractivity contribution in [2.75, 3.05) is 18.6 Å². The number of para-hydroxylation sites is 1. The van der Waals surface area contributed by atoms with Crippen molar-refractivity contribution >= 4 is 33.1 Å². The van der Waals surface area contributed by atoms with Crippen LogP contribution in [0.3, 0.4) is 0 Å². The number of amides is 1. The van der Waals surface area contributed by atoms with E-state index in [9.17, 15) is 4.79 Å². The first-order valence-electron chi connectivity index (χ1n) is 6.95. The number of likely N-dealkylation sites (N-methyl/N-ethyl adjacent to an activating group) is 1. The predicted octanol–water partition coefficient (Wildman–Crippen LogP) is 3.65. The molecular formula is C17H16N2O2S. The van der Waals surface area contributed by atoms with E-state index in [0.29, 0.717) is 5.19 Å². The Labute approximate surface area is 133 Å². The van der Waals surface area contributed by atoms with Crippen LogP contribution in [0.2, 0.25) is 0 Å². The zero-order chi connectivity index (χ0) is 15.5. The van der Waals surface area contributed by atoms with Crippen LogP contribution in [-0.2, 0) is 4.79 Å². The summed E-state index contributed by atoms with van der Waals surface area (Å²) in [6.07, 6.45) is 0. The molecule has 112 valence electrons. The first-order chi connectivity index (χ1) is 10.6. The first-order valence-corrected chi connectivity index (χ1v) is 7.77. The van der Waals surface area contributed by atoms with Crippen molar-refractivity contribution in [1.29, 1.82) is 0 Å². The maximum absolute atomic E-state index is 12.2. The molecule has 0 aliphatic carbocycles. The van der Waals surface area contributed by atoms with Crippen LogP contribution in [0.1, 0.15) is 5.56 Å². The Kier molecular flexibility index (Phi) is 4.06. The van der Waals surface area contributed by atoms with Crippen molar-refractivity contribution < 1.29 is 9.53 Å². The molecule has 0 radical (unpaired) electrons. The summed E-state index contributed by atoms with van der Waals surface area (Å²) in [4.78, 5) is 18.2. The van der Waals surface area contributed by atoms with E-state index < -0.39 is 0 Å². The topological polar surface area (TPSA) is 42.4 Å². The van der Waals surface area contributed by atoms with Gasteiger partial charge in [0.05, 0.1) is 10.2 Å². The molecule has 0 bridgehead atoms. The van der Waals surface area contributed by atoms with Gasteiger partial charge in [0.1, 0.15) is 0 Å². The van der Waals surface area contributed by atoms with Gasteiger partial charge in [0, 0.05) is 12.7 Å². The number of benzene rings is 2. The van der Waals surface area contributed by atoms with Crippen LogP contribution in [0.15, 0.2) is 48.5 Å². The van der Waals surface area contributed by atoms with E-state index in [0.717, 1.165) is 21.5 Å². The molecule has 0 saturated heterocycles. The molecule has 0 unspecified atom stereocenters. The van der Waals surface area contributed by atoms with Gasteiger partial charge in [-0.1, -0.05) is 35.6 Å². The molecule has 1 aromatic heterocycles. The molecule has 5 heteroatoms. The number of hydrogen-bond acceptors (Lipinski definition) is 4. The molecule has 0 saturated carbocycles. The number of fused-ring (bicyclic) bond motifs is 1. The minimum Gasteiger partial charge on any atom is -0.460 e. The Morgan fingerprint density at radius 2 is 2.05 bits per heavy atom. The lowest BCUT2D eigenvalue weighted by atomic mass is 10.2. The quantitative estimate of drug-likeness (QED) is 0.738. The Balaban J connectivity index is 1.66. The summed E-state index contributed by atoms with van der Waals surface area (Å²) >= 11 is 1.45. The molecule has 0 atom stereocenters. The molecule has 0 aliphatic heterocycles. The lowest BCUT2D eigenvalue weighted by Crippen LogP contribution is -2.31. The highest BCUT2D eigenvalue weighted by atomic mass is 32.1. The molecule has 1 amide bonds. The van der Waals surface area contributed by atoms with Gasteiger partial charge in [-0.2, -0.15) is 0 Å². The number of carbonyl (C=O) groups is 1. The van der Waals surface area contributed by atoms with Crippen LogP contribution in [0.4, 0.5) is 5.69 Å². The lowest BCUT2D eigenvalue weighted by molar-refractivity contribution is -0.120. The summed E-state index contributed by atoms with van der Waals surface area (Å²) in [6, 6.07) is 15.6. The zero-order valence-corrected chi connectivity index (χ0v) is 13.3. The summed E-state index contributed by atoms with van der Waals surface area (Å²) in [5, 5.41) is 0.521. The van der Waals surface area contributed by atoms with Crippen molar-refractivity contribution in [2.24, 2.45) is 0 Å². The molecule has 0 N–H and O–H groups in total. The smallest absolute Gasteiger partial charge is 0.274 e. The summed E-state index contributed by atoms with van der Waals surface area (Å²) in [5.41, 5.74) is 2.86. The van der Waals surface area contributed by atoms with Gasteiger partial charge in [0.25, 0.3) is 11.1 Å². The predicted molar refractivity (Wildman–Crippen MR) is 89.7 cm³/mol. The van der Waals surface area contributed by atoms with Crippen LogP contribution in [0, 0.1) is 6.92 Å². The number of nitrogens with zero attached hydrogens (tertiary/aromatic N) is 2. The molecule has 4 nitrogen and oxygen atoms in total. The van der Waals surface area contributed by atoms with Crippen molar-refractivity contribution in [3.63, 3.8) is 0 Å². The molecule has 22 heavy (non-hydrogen) atoms. The lowest BCUT2D eigenvalue weighted by Gasteiger charge is -2.17. The third kappa shape index (κ3) is 3.09. The number of rotatable bonds is 4. The van der Waals surface area contributed by atoms with Gasteiger partial charge in [0.15, 0.2) is 6.61 Å². The second-order valence-corrected chi connectivity index (χ2v) is 6.02. The monoisotopic (exact) mass is 312 g/mol. The third-order valence-electron chi connectivity index (χ3n) is 3.36. The van der Waals surface area contributed by atoms with Crippen LogP contribution in [-0.4, -0.2) is 24.5 Å². The fourth-order valence-corrected chi connectivity index (χ4v) is 2.93. The summed E-state index contributed by atoms with van der Waals surface area (Å²) in [7, 11) is 1.75.